The van der Waals surface area contributed by atoms with E-state index in [4.69, 9.17) is 0 Å². The Bertz CT molecular complexity index is 525. The van der Waals surface area contributed by atoms with Crippen LogP contribution in [-0.2, 0) is 0 Å². The Morgan fingerprint density at radius 1 is 1.31 bits per heavy atom. The molecule has 16 heavy (non-hydrogen) atoms. The molecule has 0 unspecified atom stereocenters. The molecule has 5 heteroatoms. The van der Waals surface area contributed by atoms with Crippen molar-refractivity contribution >= 4 is 6.29 Å². The van der Waals surface area contributed by atoms with Crippen molar-refractivity contribution in [2.45, 2.75) is 6.92 Å². The van der Waals surface area contributed by atoms with Gasteiger partial charge in [0.15, 0.2) is 12.1 Å². The minimum atomic E-state index is -0.424. The molecule has 0 aromatic carbocycles. The van der Waals surface area contributed by atoms with Crippen LogP contribution < -0.4 is 0 Å². The second-order valence-corrected chi connectivity index (χ2v) is 3.24. The van der Waals surface area contributed by atoms with Crippen molar-refractivity contribution in [1.82, 2.24) is 15.0 Å². The van der Waals surface area contributed by atoms with Crippen molar-refractivity contribution < 1.29 is 9.18 Å². The Kier molecular flexibility index (Phi) is 2.68. The summed E-state index contributed by atoms with van der Waals surface area (Å²) in [7, 11) is 0. The second kappa shape index (κ2) is 4.14. The first-order valence-corrected chi connectivity index (χ1v) is 4.62. The number of aromatic nitrogens is 3. The molecule has 0 spiro atoms. The summed E-state index contributed by atoms with van der Waals surface area (Å²) in [4.78, 5) is 22.6. The van der Waals surface area contributed by atoms with E-state index in [2.05, 4.69) is 15.0 Å². The monoisotopic (exact) mass is 217 g/mol. The third kappa shape index (κ3) is 2.08. The third-order valence-corrected chi connectivity index (χ3v) is 1.95. The molecule has 2 aromatic rings. The number of hydrogen-bond donors (Lipinski definition) is 0. The van der Waals surface area contributed by atoms with E-state index in [9.17, 15) is 9.18 Å². The van der Waals surface area contributed by atoms with Gasteiger partial charge >= 0.3 is 0 Å². The van der Waals surface area contributed by atoms with Crippen LogP contribution in [0.1, 0.15) is 16.2 Å². The van der Waals surface area contributed by atoms with Gasteiger partial charge in [-0.3, -0.25) is 4.79 Å². The average molecular weight is 217 g/mol. The van der Waals surface area contributed by atoms with Gasteiger partial charge in [0.05, 0.1) is 6.20 Å². The Labute approximate surface area is 91.2 Å². The molecule has 2 rings (SSSR count). The smallest absolute Gasteiger partial charge is 0.179 e. The predicted octanol–water partition coefficient (Wildman–Crippen LogP) is 1.80. The third-order valence-electron chi connectivity index (χ3n) is 1.95. The first kappa shape index (κ1) is 10.4. The molecule has 0 aliphatic carbocycles. The molecule has 80 valence electrons. The maximum absolute atomic E-state index is 12.7. The highest BCUT2D eigenvalue weighted by Gasteiger charge is 2.05. The lowest BCUT2D eigenvalue weighted by molar-refractivity contribution is 0.111. The molecule has 0 fully saturated rings. The lowest BCUT2D eigenvalue weighted by Crippen LogP contribution is -1.98. The number of nitrogens with zero attached hydrogens (tertiary/aromatic N) is 3. The Morgan fingerprint density at radius 3 is 2.75 bits per heavy atom. The molecule has 4 nitrogen and oxygen atoms in total. The van der Waals surface area contributed by atoms with E-state index in [0.29, 0.717) is 23.5 Å². The zero-order valence-electron chi connectivity index (χ0n) is 8.51. The van der Waals surface area contributed by atoms with Gasteiger partial charge in [-0.2, -0.15) is 0 Å². The van der Waals surface area contributed by atoms with E-state index in [1.807, 2.05) is 0 Å². The molecule has 0 aliphatic rings. The standard InChI is InChI=1S/C11H8FN3O/c1-7-4-9(6-16)15-11(14-7)10-3-2-8(12)5-13-10/h2-6H,1H3. The first-order valence-electron chi connectivity index (χ1n) is 4.62. The van der Waals surface area contributed by atoms with E-state index in [1.165, 1.54) is 12.1 Å². The highest BCUT2D eigenvalue weighted by Crippen LogP contribution is 2.12. The summed E-state index contributed by atoms with van der Waals surface area (Å²) in [6.45, 7) is 1.75. The van der Waals surface area contributed by atoms with Crippen molar-refractivity contribution in [1.29, 1.82) is 0 Å². The Hall–Kier alpha value is -2.17. The molecule has 0 aliphatic heterocycles. The SMILES string of the molecule is Cc1cc(C=O)nc(-c2ccc(F)cn2)n1. The maximum atomic E-state index is 12.7. The Balaban J connectivity index is 2.51. The molecule has 2 heterocycles. The zero-order chi connectivity index (χ0) is 11.5. The molecule has 0 saturated carbocycles. The summed E-state index contributed by atoms with van der Waals surface area (Å²) < 4.78 is 12.7. The minimum Gasteiger partial charge on any atom is -0.296 e. The number of rotatable bonds is 2. The van der Waals surface area contributed by atoms with Crippen LogP contribution in [0.2, 0.25) is 0 Å². The summed E-state index contributed by atoms with van der Waals surface area (Å²) in [5.41, 5.74) is 1.39. The predicted molar refractivity (Wildman–Crippen MR) is 55.3 cm³/mol. The van der Waals surface area contributed by atoms with Gasteiger partial charge in [0.2, 0.25) is 0 Å². The number of carbonyl (C=O) groups is 1. The molecule has 0 amide bonds. The lowest BCUT2D eigenvalue weighted by atomic mass is 10.3. The molecule has 0 N–H and O–H groups in total. The topological polar surface area (TPSA) is 55.7 Å². The van der Waals surface area contributed by atoms with Crippen LogP contribution in [-0.4, -0.2) is 21.2 Å². The summed E-state index contributed by atoms with van der Waals surface area (Å²) in [6.07, 6.45) is 1.73. The number of halogens is 1. The van der Waals surface area contributed by atoms with E-state index in [0.717, 1.165) is 6.20 Å². The second-order valence-electron chi connectivity index (χ2n) is 3.24. The highest BCUT2D eigenvalue weighted by atomic mass is 19.1. The molecule has 0 saturated heterocycles. The van der Waals surface area contributed by atoms with Crippen molar-refractivity contribution in [3.8, 4) is 11.5 Å². The van der Waals surface area contributed by atoms with Crippen LogP contribution in [0.5, 0.6) is 0 Å². The van der Waals surface area contributed by atoms with Crippen LogP contribution in [0.4, 0.5) is 4.39 Å². The van der Waals surface area contributed by atoms with Crippen molar-refractivity contribution in [3.05, 3.63) is 41.6 Å². The van der Waals surface area contributed by atoms with Gasteiger partial charge in [-0.15, -0.1) is 0 Å². The van der Waals surface area contributed by atoms with E-state index < -0.39 is 5.82 Å². The fourth-order valence-corrected chi connectivity index (χ4v) is 1.28. The minimum absolute atomic E-state index is 0.286. The van der Waals surface area contributed by atoms with Crippen LogP contribution in [0, 0.1) is 12.7 Å². The first-order chi connectivity index (χ1) is 7.69. The van der Waals surface area contributed by atoms with Gasteiger partial charge in [-0.25, -0.2) is 19.3 Å². The summed E-state index contributed by atoms with van der Waals surface area (Å²) in [6, 6.07) is 4.31. The van der Waals surface area contributed by atoms with Gasteiger partial charge in [-0.1, -0.05) is 0 Å². The van der Waals surface area contributed by atoms with Gasteiger partial charge in [-0.05, 0) is 25.1 Å². The van der Waals surface area contributed by atoms with E-state index >= 15 is 0 Å². The van der Waals surface area contributed by atoms with Crippen molar-refractivity contribution in [3.63, 3.8) is 0 Å². The zero-order valence-corrected chi connectivity index (χ0v) is 8.51. The molecule has 0 bridgehead atoms. The molecular formula is C11H8FN3O. The summed E-state index contributed by atoms with van der Waals surface area (Å²) >= 11 is 0. The van der Waals surface area contributed by atoms with E-state index in [-0.39, 0.29) is 5.69 Å². The normalized spacial score (nSPS) is 10.1. The van der Waals surface area contributed by atoms with Crippen LogP contribution in [0.3, 0.4) is 0 Å². The van der Waals surface area contributed by atoms with Gasteiger partial charge in [0, 0.05) is 5.69 Å². The van der Waals surface area contributed by atoms with Crippen LogP contribution in [0.25, 0.3) is 11.5 Å². The molecule has 2 aromatic heterocycles. The molecule has 0 atom stereocenters. The maximum Gasteiger partial charge on any atom is 0.179 e. The van der Waals surface area contributed by atoms with Gasteiger partial charge in [0.25, 0.3) is 0 Å². The van der Waals surface area contributed by atoms with E-state index in [1.54, 1.807) is 13.0 Å². The number of aldehydes is 1. The number of carbonyl (C=O) groups excluding carboxylic acids is 1. The fourth-order valence-electron chi connectivity index (χ4n) is 1.28. The quantitative estimate of drug-likeness (QED) is 0.720. The molecular weight excluding hydrogens is 209 g/mol. The number of pyridine rings is 1. The number of hydrogen-bond acceptors (Lipinski definition) is 4. The lowest BCUT2D eigenvalue weighted by Gasteiger charge is -2.01. The largest absolute Gasteiger partial charge is 0.296 e. The van der Waals surface area contributed by atoms with Crippen molar-refractivity contribution in [2.24, 2.45) is 0 Å². The number of aryl methyl sites for hydroxylation is 1. The van der Waals surface area contributed by atoms with Crippen LogP contribution >= 0.6 is 0 Å². The molecule has 0 radical (unpaired) electrons. The highest BCUT2D eigenvalue weighted by molar-refractivity contribution is 5.72. The van der Waals surface area contributed by atoms with Crippen molar-refractivity contribution in [2.75, 3.05) is 0 Å². The summed E-state index contributed by atoms with van der Waals surface area (Å²) in [5.74, 6) is -0.103. The average Bonchev–Trinajstić information content (AvgIpc) is 2.29. The van der Waals surface area contributed by atoms with Gasteiger partial charge < -0.3 is 0 Å². The fraction of sp³-hybridized carbons (Fsp3) is 0.0909. The van der Waals surface area contributed by atoms with Gasteiger partial charge in [0.1, 0.15) is 17.2 Å². The summed E-state index contributed by atoms with van der Waals surface area (Å²) in [5, 5.41) is 0. The Morgan fingerprint density at radius 2 is 2.12 bits per heavy atom. The van der Waals surface area contributed by atoms with Crippen LogP contribution in [0.15, 0.2) is 24.4 Å².